The maximum absolute atomic E-state index is 13.1. The Morgan fingerprint density at radius 3 is 2.43 bits per heavy atom. The van der Waals surface area contributed by atoms with Crippen LogP contribution in [0.4, 0.5) is 0 Å². The number of aryl methyl sites for hydroxylation is 1. The number of aromatic amines is 1. The summed E-state index contributed by atoms with van der Waals surface area (Å²) in [6, 6.07) is 20.4. The van der Waals surface area contributed by atoms with Crippen LogP contribution in [0.5, 0.6) is 0 Å². The average Bonchev–Trinajstić information content (AvgIpc) is 3.17. The number of benzene rings is 2. The number of pyridine rings is 1. The molecule has 5 heteroatoms. The molecule has 138 valence electrons. The number of nitrogens with one attached hydrogen (secondary N) is 1. The van der Waals surface area contributed by atoms with Crippen LogP contribution in [0.15, 0.2) is 72.9 Å². The minimum absolute atomic E-state index is 0.0261. The van der Waals surface area contributed by atoms with E-state index in [-0.39, 0.29) is 23.8 Å². The highest BCUT2D eigenvalue weighted by Gasteiger charge is 2.27. The molecule has 0 aliphatic heterocycles. The molecule has 1 unspecified atom stereocenters. The first kappa shape index (κ1) is 17.8. The van der Waals surface area contributed by atoms with E-state index in [1.54, 1.807) is 24.4 Å². The normalized spacial score (nSPS) is 12.0. The van der Waals surface area contributed by atoms with Crippen LogP contribution < -0.4 is 0 Å². The first-order valence-electron chi connectivity index (χ1n) is 9.11. The second kappa shape index (κ2) is 7.56. The van der Waals surface area contributed by atoms with Gasteiger partial charge in [-0.3, -0.25) is 14.6 Å². The molecule has 0 bridgehead atoms. The standard InChI is InChI=1S/C23H19N3O2/c1-15-9-11-16(12-10-15)17(22(28)20-8-4-5-13-24-20)14-21(27)23-25-18-6-2-3-7-19(18)26-23/h2-13,17H,14H2,1H3,(H,25,26). The molecule has 4 aromatic rings. The van der Waals surface area contributed by atoms with E-state index in [1.165, 1.54) is 0 Å². The zero-order valence-corrected chi connectivity index (χ0v) is 15.4. The minimum atomic E-state index is -0.615. The summed E-state index contributed by atoms with van der Waals surface area (Å²) in [6.45, 7) is 1.99. The first-order valence-corrected chi connectivity index (χ1v) is 9.11. The second-order valence-corrected chi connectivity index (χ2v) is 6.77. The zero-order chi connectivity index (χ0) is 19.5. The van der Waals surface area contributed by atoms with Crippen molar-refractivity contribution in [2.45, 2.75) is 19.3 Å². The van der Waals surface area contributed by atoms with Crippen LogP contribution >= 0.6 is 0 Å². The van der Waals surface area contributed by atoms with Crippen molar-refractivity contribution in [3.63, 3.8) is 0 Å². The maximum Gasteiger partial charge on any atom is 0.199 e. The summed E-state index contributed by atoms with van der Waals surface area (Å²) in [5, 5.41) is 0. The first-order chi connectivity index (χ1) is 13.6. The van der Waals surface area contributed by atoms with Gasteiger partial charge in [-0.25, -0.2) is 4.98 Å². The van der Waals surface area contributed by atoms with E-state index in [2.05, 4.69) is 15.0 Å². The predicted octanol–water partition coefficient (Wildman–Crippen LogP) is 4.51. The van der Waals surface area contributed by atoms with Crippen LogP contribution in [0, 0.1) is 6.92 Å². The number of hydrogen-bond acceptors (Lipinski definition) is 4. The third-order valence-corrected chi connectivity index (χ3v) is 4.76. The maximum atomic E-state index is 13.1. The Hall–Kier alpha value is -3.60. The monoisotopic (exact) mass is 369 g/mol. The summed E-state index contributed by atoms with van der Waals surface area (Å²) in [4.78, 5) is 37.7. The Bertz CT molecular complexity index is 1100. The van der Waals surface area contributed by atoms with Crippen molar-refractivity contribution in [1.29, 1.82) is 0 Å². The number of ketones is 2. The lowest BCUT2D eigenvalue weighted by atomic mass is 9.87. The van der Waals surface area contributed by atoms with E-state index in [1.807, 2.05) is 55.5 Å². The quantitative estimate of drug-likeness (QED) is 0.508. The van der Waals surface area contributed by atoms with E-state index >= 15 is 0 Å². The van der Waals surface area contributed by atoms with Gasteiger partial charge in [0.25, 0.3) is 0 Å². The van der Waals surface area contributed by atoms with Crippen LogP contribution in [0.1, 0.15) is 44.6 Å². The van der Waals surface area contributed by atoms with Crippen LogP contribution in [-0.2, 0) is 0 Å². The molecular formula is C23H19N3O2. The molecule has 0 saturated carbocycles. The zero-order valence-electron chi connectivity index (χ0n) is 15.4. The molecule has 2 aromatic heterocycles. The fourth-order valence-corrected chi connectivity index (χ4v) is 3.21. The van der Waals surface area contributed by atoms with Gasteiger partial charge in [0, 0.05) is 12.6 Å². The molecule has 0 aliphatic rings. The van der Waals surface area contributed by atoms with Crippen molar-refractivity contribution in [1.82, 2.24) is 15.0 Å². The van der Waals surface area contributed by atoms with Gasteiger partial charge in [0.15, 0.2) is 17.4 Å². The van der Waals surface area contributed by atoms with Gasteiger partial charge in [-0.05, 0) is 36.8 Å². The fraction of sp³-hybridized carbons (Fsp3) is 0.130. The third-order valence-electron chi connectivity index (χ3n) is 4.76. The van der Waals surface area contributed by atoms with Crippen molar-refractivity contribution >= 4 is 22.6 Å². The lowest BCUT2D eigenvalue weighted by Crippen LogP contribution is -2.19. The molecule has 5 nitrogen and oxygen atoms in total. The number of para-hydroxylation sites is 2. The van der Waals surface area contributed by atoms with Gasteiger partial charge in [0.2, 0.25) is 0 Å². The minimum Gasteiger partial charge on any atom is -0.335 e. The molecule has 0 saturated heterocycles. The van der Waals surface area contributed by atoms with Crippen molar-refractivity contribution in [2.24, 2.45) is 0 Å². The van der Waals surface area contributed by atoms with Crippen LogP contribution in [-0.4, -0.2) is 26.5 Å². The largest absolute Gasteiger partial charge is 0.335 e. The number of rotatable bonds is 6. The Morgan fingerprint density at radius 2 is 1.71 bits per heavy atom. The summed E-state index contributed by atoms with van der Waals surface area (Å²) in [7, 11) is 0. The molecule has 1 N–H and O–H groups in total. The summed E-state index contributed by atoms with van der Waals surface area (Å²) >= 11 is 0. The van der Waals surface area contributed by atoms with E-state index in [9.17, 15) is 9.59 Å². The molecule has 28 heavy (non-hydrogen) atoms. The van der Waals surface area contributed by atoms with Gasteiger partial charge < -0.3 is 4.98 Å². The van der Waals surface area contributed by atoms with Crippen LogP contribution in [0.2, 0.25) is 0 Å². The topological polar surface area (TPSA) is 75.7 Å². The van der Waals surface area contributed by atoms with E-state index in [4.69, 9.17) is 0 Å². The number of aromatic nitrogens is 3. The van der Waals surface area contributed by atoms with Crippen molar-refractivity contribution in [3.8, 4) is 0 Å². The highest BCUT2D eigenvalue weighted by Crippen LogP contribution is 2.26. The highest BCUT2D eigenvalue weighted by atomic mass is 16.1. The average molecular weight is 369 g/mol. The highest BCUT2D eigenvalue weighted by molar-refractivity contribution is 6.04. The molecule has 4 rings (SSSR count). The summed E-state index contributed by atoms with van der Waals surface area (Å²) < 4.78 is 0. The van der Waals surface area contributed by atoms with Crippen molar-refractivity contribution in [3.05, 3.63) is 95.6 Å². The number of nitrogens with zero attached hydrogens (tertiary/aromatic N) is 2. The van der Waals surface area contributed by atoms with E-state index in [0.29, 0.717) is 5.69 Å². The Kier molecular flexibility index (Phi) is 4.81. The van der Waals surface area contributed by atoms with Crippen molar-refractivity contribution < 1.29 is 9.59 Å². The molecule has 0 aliphatic carbocycles. The fourth-order valence-electron chi connectivity index (χ4n) is 3.21. The predicted molar refractivity (Wildman–Crippen MR) is 108 cm³/mol. The molecule has 0 amide bonds. The summed E-state index contributed by atoms with van der Waals surface area (Å²) in [6.07, 6.45) is 1.61. The smallest absolute Gasteiger partial charge is 0.199 e. The number of imidazole rings is 1. The Balaban J connectivity index is 1.67. The van der Waals surface area contributed by atoms with Gasteiger partial charge >= 0.3 is 0 Å². The molecular weight excluding hydrogens is 350 g/mol. The lowest BCUT2D eigenvalue weighted by molar-refractivity contribution is 0.0886. The molecule has 0 radical (unpaired) electrons. The Morgan fingerprint density at radius 1 is 0.964 bits per heavy atom. The SMILES string of the molecule is Cc1ccc(C(CC(=O)c2nc3ccccc3[nH]2)C(=O)c2ccccn2)cc1. The lowest BCUT2D eigenvalue weighted by Gasteiger charge is -2.15. The third kappa shape index (κ3) is 3.60. The Labute approximate surface area is 162 Å². The molecule has 0 spiro atoms. The van der Waals surface area contributed by atoms with Gasteiger partial charge in [-0.1, -0.05) is 48.0 Å². The number of Topliss-reactive ketones (excluding diaryl/α,β-unsaturated/α-hetero) is 2. The van der Waals surface area contributed by atoms with Crippen LogP contribution in [0.3, 0.4) is 0 Å². The van der Waals surface area contributed by atoms with E-state index in [0.717, 1.165) is 22.2 Å². The number of hydrogen-bond donors (Lipinski definition) is 1. The van der Waals surface area contributed by atoms with E-state index < -0.39 is 5.92 Å². The van der Waals surface area contributed by atoms with Crippen LogP contribution in [0.25, 0.3) is 11.0 Å². The molecule has 1 atom stereocenters. The van der Waals surface area contributed by atoms with Gasteiger partial charge in [0.05, 0.1) is 17.0 Å². The number of H-pyrrole nitrogens is 1. The van der Waals surface area contributed by atoms with Gasteiger partial charge in [0.1, 0.15) is 5.69 Å². The number of carbonyl (C=O) groups is 2. The molecule has 2 heterocycles. The van der Waals surface area contributed by atoms with Gasteiger partial charge in [-0.15, -0.1) is 0 Å². The molecule has 0 fully saturated rings. The number of carbonyl (C=O) groups excluding carboxylic acids is 2. The number of fused-ring (bicyclic) bond motifs is 1. The van der Waals surface area contributed by atoms with Crippen molar-refractivity contribution in [2.75, 3.05) is 0 Å². The molecule has 2 aromatic carbocycles. The second-order valence-electron chi connectivity index (χ2n) is 6.77. The summed E-state index contributed by atoms with van der Waals surface area (Å²) in [5.41, 5.74) is 3.77. The summed E-state index contributed by atoms with van der Waals surface area (Å²) in [5.74, 6) is -0.719. The van der Waals surface area contributed by atoms with Gasteiger partial charge in [-0.2, -0.15) is 0 Å².